The maximum Gasteiger partial charge on any atom is 0.191 e. The van der Waals surface area contributed by atoms with E-state index in [1.54, 1.807) is 0 Å². The lowest BCUT2D eigenvalue weighted by Gasteiger charge is -2.13. The zero-order chi connectivity index (χ0) is 10.8. The Bertz CT molecular complexity index is 163. The van der Waals surface area contributed by atoms with Crippen LogP contribution in [-0.4, -0.2) is 38.3 Å². The van der Waals surface area contributed by atoms with Crippen LogP contribution in [0.5, 0.6) is 0 Å². The van der Waals surface area contributed by atoms with Gasteiger partial charge in [-0.15, -0.1) is 24.0 Å². The molecule has 0 radical (unpaired) electrons. The average molecular weight is 329 g/mol. The highest BCUT2D eigenvalue weighted by molar-refractivity contribution is 14.0. The fourth-order valence-corrected chi connectivity index (χ4v) is 0.960. The van der Waals surface area contributed by atoms with Gasteiger partial charge in [-0.2, -0.15) is 0 Å². The Labute approximate surface area is 110 Å². The number of halogens is 1. The number of nitrogens with one attached hydrogen (secondary N) is 2. The van der Waals surface area contributed by atoms with Crippen LogP contribution in [0, 0.1) is 0 Å². The highest BCUT2D eigenvalue weighted by Gasteiger charge is 1.97. The summed E-state index contributed by atoms with van der Waals surface area (Å²) in [4.78, 5) is 4.36. The van der Waals surface area contributed by atoms with Crippen molar-refractivity contribution in [2.24, 2.45) is 4.99 Å². The summed E-state index contributed by atoms with van der Waals surface area (Å²) >= 11 is 0. The Hall–Kier alpha value is -0.0400. The van der Waals surface area contributed by atoms with Gasteiger partial charge in [0.15, 0.2) is 5.96 Å². The highest BCUT2D eigenvalue weighted by Crippen LogP contribution is 1.80. The molecule has 15 heavy (non-hydrogen) atoms. The van der Waals surface area contributed by atoms with Gasteiger partial charge >= 0.3 is 0 Å². The second-order valence-electron chi connectivity index (χ2n) is 3.26. The second-order valence-corrected chi connectivity index (χ2v) is 3.26. The SMILES string of the molecule is CCNC(=NCCOCC)NC(C)C.I. The number of nitrogens with zero attached hydrogens (tertiary/aromatic N) is 1. The predicted octanol–water partition coefficient (Wildman–Crippen LogP) is 1.60. The Kier molecular flexibility index (Phi) is 13.9. The quantitative estimate of drug-likeness (QED) is 0.337. The molecule has 0 amide bonds. The van der Waals surface area contributed by atoms with Gasteiger partial charge in [0.2, 0.25) is 0 Å². The molecule has 0 aliphatic heterocycles. The van der Waals surface area contributed by atoms with Gasteiger partial charge in [0.25, 0.3) is 0 Å². The normalized spacial score (nSPS) is 11.1. The van der Waals surface area contributed by atoms with Crippen LogP contribution in [0.4, 0.5) is 0 Å². The Morgan fingerprint density at radius 3 is 2.47 bits per heavy atom. The van der Waals surface area contributed by atoms with E-state index in [1.165, 1.54) is 0 Å². The summed E-state index contributed by atoms with van der Waals surface area (Å²) < 4.78 is 5.20. The van der Waals surface area contributed by atoms with Crippen molar-refractivity contribution in [1.29, 1.82) is 0 Å². The lowest BCUT2D eigenvalue weighted by atomic mass is 10.4. The van der Waals surface area contributed by atoms with Crippen molar-refractivity contribution >= 4 is 29.9 Å². The first-order valence-corrected chi connectivity index (χ1v) is 5.33. The average Bonchev–Trinajstić information content (AvgIpc) is 2.12. The van der Waals surface area contributed by atoms with Crippen molar-refractivity contribution in [2.75, 3.05) is 26.3 Å². The van der Waals surface area contributed by atoms with E-state index in [0.29, 0.717) is 19.2 Å². The minimum Gasteiger partial charge on any atom is -0.380 e. The minimum absolute atomic E-state index is 0. The summed E-state index contributed by atoms with van der Waals surface area (Å²) in [6.45, 7) is 11.3. The minimum atomic E-state index is 0. The molecule has 0 aromatic heterocycles. The molecule has 0 heterocycles. The first kappa shape index (κ1) is 17.4. The van der Waals surface area contributed by atoms with Crippen LogP contribution in [0.15, 0.2) is 4.99 Å². The molecule has 0 bridgehead atoms. The molecule has 2 N–H and O–H groups in total. The summed E-state index contributed by atoms with van der Waals surface area (Å²) in [5.74, 6) is 0.863. The Morgan fingerprint density at radius 2 is 2.00 bits per heavy atom. The molecule has 0 rings (SSSR count). The van der Waals surface area contributed by atoms with Crippen LogP contribution < -0.4 is 10.6 Å². The van der Waals surface area contributed by atoms with E-state index < -0.39 is 0 Å². The van der Waals surface area contributed by atoms with Gasteiger partial charge in [-0.3, -0.25) is 4.99 Å². The molecule has 0 aliphatic carbocycles. The molecule has 0 unspecified atom stereocenters. The molecular formula is C10H24IN3O. The smallest absolute Gasteiger partial charge is 0.191 e. The molecule has 92 valence electrons. The van der Waals surface area contributed by atoms with Crippen molar-refractivity contribution in [2.45, 2.75) is 33.7 Å². The molecule has 0 aliphatic rings. The van der Waals surface area contributed by atoms with E-state index in [0.717, 1.165) is 19.1 Å². The maximum atomic E-state index is 5.20. The van der Waals surface area contributed by atoms with Crippen LogP contribution in [0.3, 0.4) is 0 Å². The molecule has 0 aromatic rings. The third-order valence-electron chi connectivity index (χ3n) is 1.48. The first-order chi connectivity index (χ1) is 6.70. The first-order valence-electron chi connectivity index (χ1n) is 5.33. The third kappa shape index (κ3) is 11.9. The zero-order valence-electron chi connectivity index (χ0n) is 10.2. The van der Waals surface area contributed by atoms with E-state index in [2.05, 4.69) is 36.4 Å². The van der Waals surface area contributed by atoms with Crippen LogP contribution in [0.25, 0.3) is 0 Å². The van der Waals surface area contributed by atoms with Crippen molar-refractivity contribution in [3.8, 4) is 0 Å². The lowest BCUT2D eigenvalue weighted by Crippen LogP contribution is -2.41. The summed E-state index contributed by atoms with van der Waals surface area (Å²) in [5, 5.41) is 6.42. The van der Waals surface area contributed by atoms with Crippen LogP contribution in [-0.2, 0) is 4.74 Å². The van der Waals surface area contributed by atoms with Crippen molar-refractivity contribution in [3.63, 3.8) is 0 Å². The second kappa shape index (κ2) is 12.0. The standard InChI is InChI=1S/C10H23N3O.HI/c1-5-11-10(13-9(3)4)12-7-8-14-6-2;/h9H,5-8H2,1-4H3,(H2,11,12,13);1H. The summed E-state index contributed by atoms with van der Waals surface area (Å²) in [7, 11) is 0. The number of ether oxygens (including phenoxy) is 1. The van der Waals surface area contributed by atoms with Gasteiger partial charge in [-0.25, -0.2) is 0 Å². The van der Waals surface area contributed by atoms with Gasteiger partial charge in [-0.05, 0) is 27.7 Å². The molecule has 0 spiro atoms. The van der Waals surface area contributed by atoms with E-state index in [9.17, 15) is 0 Å². The van der Waals surface area contributed by atoms with Crippen LogP contribution in [0.1, 0.15) is 27.7 Å². The van der Waals surface area contributed by atoms with E-state index in [1.807, 2.05) is 6.92 Å². The van der Waals surface area contributed by atoms with Crippen LogP contribution >= 0.6 is 24.0 Å². The van der Waals surface area contributed by atoms with E-state index in [-0.39, 0.29) is 24.0 Å². The molecule has 0 aromatic carbocycles. The summed E-state index contributed by atoms with van der Waals surface area (Å²) in [6.07, 6.45) is 0. The van der Waals surface area contributed by atoms with Crippen molar-refractivity contribution < 1.29 is 4.74 Å². The summed E-state index contributed by atoms with van der Waals surface area (Å²) in [5.41, 5.74) is 0. The molecule has 0 saturated carbocycles. The van der Waals surface area contributed by atoms with Crippen molar-refractivity contribution in [1.82, 2.24) is 10.6 Å². The zero-order valence-corrected chi connectivity index (χ0v) is 12.5. The van der Waals surface area contributed by atoms with E-state index >= 15 is 0 Å². The van der Waals surface area contributed by atoms with Gasteiger partial charge in [0.05, 0.1) is 13.2 Å². The monoisotopic (exact) mass is 329 g/mol. The number of guanidine groups is 1. The molecule has 0 atom stereocenters. The van der Waals surface area contributed by atoms with E-state index in [4.69, 9.17) is 4.74 Å². The number of hydrogen-bond donors (Lipinski definition) is 2. The van der Waals surface area contributed by atoms with Gasteiger partial charge in [-0.1, -0.05) is 0 Å². The number of rotatable bonds is 6. The molecule has 5 heteroatoms. The highest BCUT2D eigenvalue weighted by atomic mass is 127. The fourth-order valence-electron chi connectivity index (χ4n) is 0.960. The summed E-state index contributed by atoms with van der Waals surface area (Å²) in [6, 6.07) is 0.403. The van der Waals surface area contributed by atoms with Crippen molar-refractivity contribution in [3.05, 3.63) is 0 Å². The Morgan fingerprint density at radius 1 is 1.33 bits per heavy atom. The molecule has 0 fully saturated rings. The maximum absolute atomic E-state index is 5.20. The molecular weight excluding hydrogens is 305 g/mol. The molecule has 0 saturated heterocycles. The predicted molar refractivity (Wildman–Crippen MR) is 76.2 cm³/mol. The largest absolute Gasteiger partial charge is 0.380 e. The fraction of sp³-hybridized carbons (Fsp3) is 0.900. The van der Waals surface area contributed by atoms with Crippen LogP contribution in [0.2, 0.25) is 0 Å². The lowest BCUT2D eigenvalue weighted by molar-refractivity contribution is 0.155. The topological polar surface area (TPSA) is 45.7 Å². The van der Waals surface area contributed by atoms with Gasteiger partial charge < -0.3 is 15.4 Å². The molecule has 4 nitrogen and oxygen atoms in total. The number of aliphatic imine (C=N–C) groups is 1. The van der Waals surface area contributed by atoms with Gasteiger partial charge in [0.1, 0.15) is 0 Å². The third-order valence-corrected chi connectivity index (χ3v) is 1.48. The Balaban J connectivity index is 0. The van der Waals surface area contributed by atoms with Gasteiger partial charge in [0, 0.05) is 19.2 Å². The number of hydrogen-bond acceptors (Lipinski definition) is 2.